The minimum absolute atomic E-state index is 0.00925. The second-order valence-electron chi connectivity index (χ2n) is 21.7. The number of nitrogens with zero attached hydrogens (tertiary/aromatic N) is 3. The van der Waals surface area contributed by atoms with Gasteiger partial charge in [0.2, 0.25) is 30.5 Å². The van der Waals surface area contributed by atoms with Gasteiger partial charge in [-0.3, -0.25) is 24.0 Å². The van der Waals surface area contributed by atoms with E-state index in [2.05, 4.69) is 125 Å². The van der Waals surface area contributed by atoms with E-state index in [4.69, 9.17) is 0 Å². The van der Waals surface area contributed by atoms with Crippen LogP contribution in [0.4, 0.5) is 0 Å². The summed E-state index contributed by atoms with van der Waals surface area (Å²) >= 11 is 0. The molecule has 0 spiro atoms. The summed E-state index contributed by atoms with van der Waals surface area (Å²) in [6, 6.07) is 0.123. The van der Waals surface area contributed by atoms with Crippen molar-refractivity contribution in [3.05, 3.63) is 125 Å². The molecular formula is C62H111N15O6. The molecule has 0 bridgehead atoms. The number of rotatable bonds is 26. The van der Waals surface area contributed by atoms with E-state index in [-0.39, 0.29) is 59.9 Å². The molecule has 0 unspecified atom stereocenters. The van der Waals surface area contributed by atoms with Crippen LogP contribution in [0, 0.1) is 26.2 Å². The number of hydrogen-bond donors (Lipinski definition) is 12. The lowest BCUT2D eigenvalue weighted by Gasteiger charge is -2.21. The van der Waals surface area contributed by atoms with Crippen molar-refractivity contribution in [1.82, 2.24) is 77.8 Å². The van der Waals surface area contributed by atoms with Gasteiger partial charge < -0.3 is 67.6 Å². The maximum absolute atomic E-state index is 11.9. The number of amides is 5. The minimum Gasteiger partial charge on any atom is -0.365 e. The maximum Gasteiger partial charge on any atom is 0.239 e. The van der Waals surface area contributed by atoms with Crippen molar-refractivity contribution in [2.24, 2.45) is 5.41 Å². The lowest BCUT2D eigenvalue weighted by Crippen LogP contribution is -2.45. The van der Waals surface area contributed by atoms with Crippen molar-refractivity contribution in [1.29, 1.82) is 0 Å². The Morgan fingerprint density at radius 3 is 0.940 bits per heavy atom. The zero-order valence-corrected chi connectivity index (χ0v) is 54.5. The molecule has 3 atom stereocenters. The first-order valence-corrected chi connectivity index (χ1v) is 28.5. The van der Waals surface area contributed by atoms with E-state index in [1.54, 1.807) is 37.6 Å². The Bertz CT molecular complexity index is 2180. The van der Waals surface area contributed by atoms with E-state index >= 15 is 0 Å². The molecule has 0 saturated heterocycles. The van der Waals surface area contributed by atoms with Gasteiger partial charge in [-0.15, -0.1) is 0 Å². The second-order valence-corrected chi connectivity index (χ2v) is 21.7. The van der Waals surface area contributed by atoms with Crippen LogP contribution in [0.5, 0.6) is 0 Å². The van der Waals surface area contributed by atoms with Gasteiger partial charge in [-0.1, -0.05) is 76.5 Å². The molecule has 83 heavy (non-hydrogen) atoms. The largest absolute Gasteiger partial charge is 0.365 e. The van der Waals surface area contributed by atoms with Crippen molar-refractivity contribution < 1.29 is 28.8 Å². The fourth-order valence-electron chi connectivity index (χ4n) is 5.44. The highest BCUT2D eigenvalue weighted by atomic mass is 16.2. The number of aromatic nitrogens is 6. The van der Waals surface area contributed by atoms with E-state index in [1.165, 1.54) is 16.7 Å². The van der Waals surface area contributed by atoms with Gasteiger partial charge in [-0.05, 0) is 142 Å². The van der Waals surface area contributed by atoms with Gasteiger partial charge in [0.15, 0.2) is 0 Å². The molecule has 3 aromatic heterocycles. The molecule has 0 aliphatic rings. The minimum atomic E-state index is -0.185. The van der Waals surface area contributed by atoms with E-state index in [0.29, 0.717) is 19.4 Å². The quantitative estimate of drug-likeness (QED) is 0.0334. The summed E-state index contributed by atoms with van der Waals surface area (Å²) in [6.07, 6.45) is 29.6. The summed E-state index contributed by atoms with van der Waals surface area (Å²) in [5.41, 5.74) is 10.2. The van der Waals surface area contributed by atoms with Crippen LogP contribution in [0.15, 0.2) is 108 Å². The molecule has 21 nitrogen and oxygen atoms in total. The third-order valence-corrected chi connectivity index (χ3v) is 10.8. The first-order chi connectivity index (χ1) is 39.0. The summed E-state index contributed by atoms with van der Waals surface area (Å²) in [4.78, 5) is 84.6. The van der Waals surface area contributed by atoms with Gasteiger partial charge in [0.25, 0.3) is 0 Å². The molecule has 21 heteroatoms. The number of H-pyrrole nitrogens is 3. The van der Waals surface area contributed by atoms with Crippen molar-refractivity contribution >= 4 is 36.8 Å². The summed E-state index contributed by atoms with van der Waals surface area (Å²) in [5, 5.41) is 26.3. The van der Waals surface area contributed by atoms with Crippen LogP contribution in [-0.4, -0.2) is 110 Å². The lowest BCUT2D eigenvalue weighted by molar-refractivity contribution is -0.122. The molecule has 3 aromatic rings. The van der Waals surface area contributed by atoms with Gasteiger partial charge in [-0.2, -0.15) is 0 Å². The predicted octanol–water partition coefficient (Wildman–Crippen LogP) is 9.33. The number of aldehydes is 1. The zero-order chi connectivity index (χ0) is 64.2. The molecule has 5 amide bonds. The van der Waals surface area contributed by atoms with Crippen LogP contribution >= 0.6 is 0 Å². The Hall–Kier alpha value is -7.55. The molecule has 0 saturated carbocycles. The fraction of sp³-hybridized carbons (Fsp3) is 0.565. The van der Waals surface area contributed by atoms with Crippen LogP contribution in [0.3, 0.4) is 0 Å². The molecule has 0 fully saturated rings. The van der Waals surface area contributed by atoms with Crippen molar-refractivity contribution in [3.63, 3.8) is 0 Å². The third-order valence-electron chi connectivity index (χ3n) is 10.8. The highest BCUT2D eigenvalue weighted by molar-refractivity contribution is 5.80. The summed E-state index contributed by atoms with van der Waals surface area (Å²) in [7, 11) is 0. The Labute approximate surface area is 499 Å². The first kappa shape index (κ1) is 81.9. The number of aryl methyl sites for hydroxylation is 3. The normalized spacial score (nSPS) is 12.7. The number of nitrogens with one attached hydrogen (secondary N) is 12. The van der Waals surface area contributed by atoms with E-state index < -0.39 is 0 Å². The number of carbonyl (C=O) groups is 6. The summed E-state index contributed by atoms with van der Waals surface area (Å²) in [6.45, 7) is 42.4. The second kappa shape index (κ2) is 51.3. The summed E-state index contributed by atoms with van der Waals surface area (Å²) in [5.74, 6) is -0.334. The summed E-state index contributed by atoms with van der Waals surface area (Å²) < 4.78 is 0. The molecule has 12 N–H and O–H groups in total. The maximum atomic E-state index is 11.9. The monoisotopic (exact) mass is 1160 g/mol. The van der Waals surface area contributed by atoms with Crippen molar-refractivity contribution in [2.45, 2.75) is 208 Å². The Morgan fingerprint density at radius 1 is 0.506 bits per heavy atom. The molecular weight excluding hydrogens is 1050 g/mol. The Kier molecular flexibility index (Phi) is 50.7. The van der Waals surface area contributed by atoms with Gasteiger partial charge in [-0.25, -0.2) is 15.0 Å². The van der Waals surface area contributed by atoms with Gasteiger partial charge in [0.1, 0.15) is 6.29 Å². The number of imidazole rings is 3. The third kappa shape index (κ3) is 58.9. The lowest BCUT2D eigenvalue weighted by atomic mass is 10.0. The SMILES string of the molecule is C/C=C(/C[C@@H](C)NC(=O)CNC(C)(C)C)NC=C(C)CC.C/C=C(/C[C@@H](C)NC(=O)CNC=O)NC=C(C)CC.C/C=C(/C[C@@H](C)NC(=O)CNC=O)NC=C(C)CC.CC(C)(C)C=O.Cc1cnc[nH]1.Cc1cnc[nH]1.Cc1cnc[nH]1. The highest BCUT2D eigenvalue weighted by Gasteiger charge is 2.14. The standard InChI is InChI=1S/C17H33N3O.2C14H25N3O2.C5H10O.3C4H6N2/c1-8-13(3)11-18-15(9-2)10-14(4)20-16(21)12-19-17(5,6)7;2*1-5-11(3)8-16-13(6-2)7-12(4)17-14(19)9-15-10-18;1-5(2,3)4-6;3*1-4-2-5-3-6-4/h9,11,14,18-19H,8,10,12H2,1-7H3,(H,20,21);2*6,8,10,12,16H,5,7,9H2,1-4H3,(H,15,18)(H,17,19);4H,1-3H3;3*2-3H,1H3,(H,5,6)/b13-11?,15-9-;2*11-8?,13-6-;;;;/t14-;2*12-;;;;/m111..../s1. The molecule has 0 radical (unpaired) electrons. The highest BCUT2D eigenvalue weighted by Crippen LogP contribution is 2.08. The zero-order valence-electron chi connectivity index (χ0n) is 54.5. The van der Waals surface area contributed by atoms with Crippen LogP contribution < -0.4 is 47.9 Å². The van der Waals surface area contributed by atoms with Gasteiger partial charge in [0.05, 0.1) is 38.6 Å². The van der Waals surface area contributed by atoms with E-state index in [1.807, 2.05) is 135 Å². The first-order valence-electron chi connectivity index (χ1n) is 28.5. The smallest absolute Gasteiger partial charge is 0.239 e. The number of hydrogen-bond acceptors (Lipinski definition) is 13. The average Bonchev–Trinajstić information content (AvgIpc) is 4.26. The van der Waals surface area contributed by atoms with Crippen molar-refractivity contribution in [2.75, 3.05) is 19.6 Å². The van der Waals surface area contributed by atoms with Gasteiger partial charge in [0, 0.05) is 101 Å². The number of carbonyl (C=O) groups excluding carboxylic acids is 6. The fourth-order valence-corrected chi connectivity index (χ4v) is 5.44. The number of aromatic amines is 3. The Balaban J connectivity index is -0.000000468. The van der Waals surface area contributed by atoms with Crippen LogP contribution in [0.2, 0.25) is 0 Å². The molecule has 0 aliphatic carbocycles. The van der Waals surface area contributed by atoms with E-state index in [9.17, 15) is 28.8 Å². The molecule has 470 valence electrons. The predicted molar refractivity (Wildman–Crippen MR) is 341 cm³/mol. The molecule has 0 aromatic carbocycles. The van der Waals surface area contributed by atoms with Crippen LogP contribution in [0.25, 0.3) is 0 Å². The van der Waals surface area contributed by atoms with Gasteiger partial charge >= 0.3 is 0 Å². The molecule has 3 rings (SSSR count). The van der Waals surface area contributed by atoms with Crippen LogP contribution in [0.1, 0.15) is 180 Å². The Morgan fingerprint density at radius 2 is 0.771 bits per heavy atom. The molecule has 3 heterocycles. The van der Waals surface area contributed by atoms with E-state index in [0.717, 1.165) is 79.0 Å². The van der Waals surface area contributed by atoms with Crippen molar-refractivity contribution in [3.8, 4) is 0 Å². The van der Waals surface area contributed by atoms with Crippen LogP contribution in [-0.2, 0) is 28.8 Å². The number of allylic oxidation sites excluding steroid dienone is 6. The average molecular weight is 1160 g/mol. The molecule has 0 aliphatic heterocycles. The topological polar surface area (TPSA) is 297 Å².